The molecule has 1 aromatic rings. The molecule has 0 atom stereocenters. The molecule has 2 N–H and O–H groups in total. The molecule has 0 radical (unpaired) electrons. The Morgan fingerprint density at radius 1 is 1.50 bits per heavy atom. The molecule has 1 fully saturated rings. The van der Waals surface area contributed by atoms with Crippen LogP contribution in [0.15, 0.2) is 18.2 Å². The third kappa shape index (κ3) is 2.70. The second kappa shape index (κ2) is 5.06. The first-order valence-corrected chi connectivity index (χ1v) is 6.24. The maximum atomic E-state index is 13.6. The fourth-order valence-corrected chi connectivity index (χ4v) is 2.42. The molecule has 0 unspecified atom stereocenters. The Bertz CT molecular complexity index is 455. The van der Waals surface area contributed by atoms with Crippen molar-refractivity contribution in [1.29, 1.82) is 0 Å². The summed E-state index contributed by atoms with van der Waals surface area (Å²) >= 11 is 0. The lowest BCUT2D eigenvalue weighted by atomic mass is 9.80. The Hall–Kier alpha value is -1.42. The molecule has 0 heterocycles. The van der Waals surface area contributed by atoms with E-state index in [2.05, 4.69) is 0 Å². The zero-order chi connectivity index (χ0) is 13.3. The second-order valence-corrected chi connectivity index (χ2v) is 5.27. The maximum absolute atomic E-state index is 13.6. The van der Waals surface area contributed by atoms with Gasteiger partial charge in [-0.15, -0.1) is 0 Å². The molecule has 2 rings (SSSR count). The summed E-state index contributed by atoms with van der Waals surface area (Å²) in [5.74, 6) is -0.249. The zero-order valence-corrected chi connectivity index (χ0v) is 10.8. The van der Waals surface area contributed by atoms with Crippen LogP contribution in [0.1, 0.15) is 28.8 Å². The van der Waals surface area contributed by atoms with Crippen molar-refractivity contribution in [3.63, 3.8) is 0 Å². The molecule has 4 heteroatoms. The first-order chi connectivity index (χ1) is 8.47. The molecule has 3 nitrogen and oxygen atoms in total. The van der Waals surface area contributed by atoms with Crippen molar-refractivity contribution in [2.45, 2.75) is 25.8 Å². The fourth-order valence-electron chi connectivity index (χ4n) is 2.42. The van der Waals surface area contributed by atoms with Gasteiger partial charge in [-0.2, -0.15) is 0 Å². The predicted octanol–water partition coefficient (Wildman–Crippen LogP) is 1.94. The van der Waals surface area contributed by atoms with Crippen LogP contribution in [-0.4, -0.2) is 30.4 Å². The number of aryl methyl sites for hydroxylation is 1. The topological polar surface area (TPSA) is 46.3 Å². The van der Waals surface area contributed by atoms with Gasteiger partial charge in [-0.3, -0.25) is 4.79 Å². The minimum Gasteiger partial charge on any atom is -0.341 e. The number of nitrogens with two attached hydrogens (primary N) is 1. The molecular weight excluding hydrogens is 231 g/mol. The average molecular weight is 250 g/mol. The Kier molecular flexibility index (Phi) is 3.66. The highest BCUT2D eigenvalue weighted by Gasteiger charge is 2.28. The number of hydrogen-bond donors (Lipinski definition) is 1. The minimum atomic E-state index is -0.456. The summed E-state index contributed by atoms with van der Waals surface area (Å²) in [6, 6.07) is 4.88. The van der Waals surface area contributed by atoms with E-state index in [-0.39, 0.29) is 17.5 Å². The Labute approximate surface area is 107 Å². The van der Waals surface area contributed by atoms with Crippen molar-refractivity contribution in [3.8, 4) is 0 Å². The van der Waals surface area contributed by atoms with E-state index < -0.39 is 5.82 Å². The number of hydrogen-bond acceptors (Lipinski definition) is 2. The van der Waals surface area contributed by atoms with Gasteiger partial charge in [0.15, 0.2) is 0 Å². The average Bonchev–Trinajstić information content (AvgIpc) is 2.29. The third-order valence-corrected chi connectivity index (χ3v) is 3.50. The smallest absolute Gasteiger partial charge is 0.256 e. The highest BCUT2D eigenvalue weighted by atomic mass is 19.1. The molecule has 1 aliphatic rings. The van der Waals surface area contributed by atoms with E-state index in [1.807, 2.05) is 6.92 Å². The first kappa shape index (κ1) is 13.0. The van der Waals surface area contributed by atoms with E-state index in [1.54, 1.807) is 24.1 Å². The molecule has 1 amide bonds. The van der Waals surface area contributed by atoms with Crippen molar-refractivity contribution in [2.24, 2.45) is 11.7 Å². The molecule has 0 aromatic heterocycles. The number of carbonyl (C=O) groups excluding carboxylic acids is 1. The minimum absolute atomic E-state index is 0.154. The zero-order valence-electron chi connectivity index (χ0n) is 10.8. The SMILES string of the molecule is Cc1ccc(F)c(C(=O)N(C)CC2CC(N)C2)c1. The molecule has 0 bridgehead atoms. The van der Waals surface area contributed by atoms with E-state index in [1.165, 1.54) is 6.07 Å². The molecule has 1 aliphatic carbocycles. The summed E-state index contributed by atoms with van der Waals surface area (Å²) in [5.41, 5.74) is 6.75. The molecule has 0 saturated heterocycles. The maximum Gasteiger partial charge on any atom is 0.256 e. The van der Waals surface area contributed by atoms with Crippen molar-refractivity contribution in [3.05, 3.63) is 35.1 Å². The van der Waals surface area contributed by atoms with Crippen LogP contribution in [0.4, 0.5) is 4.39 Å². The molecule has 18 heavy (non-hydrogen) atoms. The van der Waals surface area contributed by atoms with Gasteiger partial charge in [0.05, 0.1) is 5.56 Å². The van der Waals surface area contributed by atoms with Crippen LogP contribution in [-0.2, 0) is 0 Å². The van der Waals surface area contributed by atoms with Gasteiger partial charge in [-0.1, -0.05) is 11.6 Å². The lowest BCUT2D eigenvalue weighted by Gasteiger charge is -2.35. The van der Waals surface area contributed by atoms with E-state index in [0.29, 0.717) is 12.5 Å². The van der Waals surface area contributed by atoms with Crippen molar-refractivity contribution < 1.29 is 9.18 Å². The van der Waals surface area contributed by atoms with Crippen LogP contribution in [0.5, 0.6) is 0 Å². The molecule has 1 aromatic carbocycles. The Morgan fingerprint density at radius 3 is 2.78 bits per heavy atom. The number of halogens is 1. The summed E-state index contributed by atoms with van der Waals surface area (Å²) < 4.78 is 13.6. The van der Waals surface area contributed by atoms with E-state index in [0.717, 1.165) is 18.4 Å². The van der Waals surface area contributed by atoms with Crippen LogP contribution in [0.2, 0.25) is 0 Å². The van der Waals surface area contributed by atoms with Crippen LogP contribution >= 0.6 is 0 Å². The van der Waals surface area contributed by atoms with Crippen molar-refractivity contribution in [2.75, 3.05) is 13.6 Å². The summed E-state index contributed by atoms with van der Waals surface area (Å²) in [6.45, 7) is 2.50. The third-order valence-electron chi connectivity index (χ3n) is 3.50. The van der Waals surface area contributed by atoms with Gasteiger partial charge in [0.25, 0.3) is 5.91 Å². The van der Waals surface area contributed by atoms with E-state index in [4.69, 9.17) is 5.73 Å². The van der Waals surface area contributed by atoms with Crippen LogP contribution in [0, 0.1) is 18.7 Å². The quantitative estimate of drug-likeness (QED) is 0.891. The highest BCUT2D eigenvalue weighted by Crippen LogP contribution is 2.26. The summed E-state index contributed by atoms with van der Waals surface area (Å²) in [7, 11) is 1.72. The standard InChI is InChI=1S/C14H19FN2O/c1-9-3-4-13(15)12(5-9)14(18)17(2)8-10-6-11(16)7-10/h3-5,10-11H,6-8,16H2,1-2H3. The lowest BCUT2D eigenvalue weighted by Crippen LogP contribution is -2.43. The van der Waals surface area contributed by atoms with Crippen molar-refractivity contribution >= 4 is 5.91 Å². The lowest BCUT2D eigenvalue weighted by molar-refractivity contribution is 0.0729. The number of rotatable bonds is 3. The van der Waals surface area contributed by atoms with Crippen LogP contribution in [0.25, 0.3) is 0 Å². The number of benzene rings is 1. The second-order valence-electron chi connectivity index (χ2n) is 5.27. The Balaban J connectivity index is 2.03. The number of carbonyl (C=O) groups is 1. The molecule has 1 saturated carbocycles. The molecule has 98 valence electrons. The van der Waals surface area contributed by atoms with Gasteiger partial charge in [0.1, 0.15) is 5.82 Å². The van der Waals surface area contributed by atoms with E-state index >= 15 is 0 Å². The first-order valence-electron chi connectivity index (χ1n) is 6.24. The normalized spacial score (nSPS) is 22.4. The van der Waals surface area contributed by atoms with Crippen molar-refractivity contribution in [1.82, 2.24) is 4.90 Å². The van der Waals surface area contributed by atoms with Gasteiger partial charge in [-0.05, 0) is 37.8 Å². The monoisotopic (exact) mass is 250 g/mol. The summed E-state index contributed by atoms with van der Waals surface area (Å²) in [4.78, 5) is 13.7. The van der Waals surface area contributed by atoms with Gasteiger partial charge in [0.2, 0.25) is 0 Å². The summed E-state index contributed by atoms with van der Waals surface area (Å²) in [6.07, 6.45) is 1.90. The fraction of sp³-hybridized carbons (Fsp3) is 0.500. The van der Waals surface area contributed by atoms with Gasteiger partial charge < -0.3 is 10.6 Å². The molecule has 0 spiro atoms. The highest BCUT2D eigenvalue weighted by molar-refractivity contribution is 5.94. The molecule has 0 aliphatic heterocycles. The van der Waals surface area contributed by atoms with Crippen LogP contribution in [0.3, 0.4) is 0 Å². The Morgan fingerprint density at radius 2 is 2.17 bits per heavy atom. The van der Waals surface area contributed by atoms with Gasteiger partial charge in [-0.25, -0.2) is 4.39 Å². The van der Waals surface area contributed by atoms with Gasteiger partial charge >= 0.3 is 0 Å². The predicted molar refractivity (Wildman–Crippen MR) is 68.8 cm³/mol. The molecular formula is C14H19FN2O. The number of amides is 1. The number of nitrogens with zero attached hydrogens (tertiary/aromatic N) is 1. The van der Waals surface area contributed by atoms with Crippen LogP contribution < -0.4 is 5.73 Å². The largest absolute Gasteiger partial charge is 0.341 e. The van der Waals surface area contributed by atoms with Gasteiger partial charge in [0, 0.05) is 19.6 Å². The van der Waals surface area contributed by atoms with E-state index in [9.17, 15) is 9.18 Å². The summed E-state index contributed by atoms with van der Waals surface area (Å²) in [5, 5.41) is 0.